The van der Waals surface area contributed by atoms with Gasteiger partial charge >= 0.3 is 0 Å². The number of nitrogens with one attached hydrogen (secondary N) is 1. The fourth-order valence-electron chi connectivity index (χ4n) is 5.52. The highest BCUT2D eigenvalue weighted by atomic mass is 32.2. The first-order valence-corrected chi connectivity index (χ1v) is 14.8. The minimum absolute atomic E-state index is 0.141. The standard InChI is InChI=1S/C26H40FN5O4S/c1-4-11-31-18-22-24(28-26(33)25(22)29(3)19-31)21-17-20(8-9-23(21)36-5-2)37(34,35)32-15-13-30(14-16-32)12-7-6-10-27/h8-9,17,24H,4-7,10-16,18-19H2,1-3H3,(H,28,33). The van der Waals surface area contributed by atoms with Crippen LogP contribution in [0.3, 0.4) is 0 Å². The molecule has 3 aliphatic rings. The highest BCUT2D eigenvalue weighted by molar-refractivity contribution is 7.89. The van der Waals surface area contributed by atoms with Crippen LogP contribution in [0, 0.1) is 0 Å². The van der Waals surface area contributed by atoms with Crippen molar-refractivity contribution in [1.29, 1.82) is 0 Å². The number of carbonyl (C=O) groups excluding carboxylic acids is 1. The lowest BCUT2D eigenvalue weighted by molar-refractivity contribution is -0.118. The topological polar surface area (TPSA) is 85.4 Å². The van der Waals surface area contributed by atoms with Crippen molar-refractivity contribution >= 4 is 15.9 Å². The van der Waals surface area contributed by atoms with Gasteiger partial charge in [0.05, 0.1) is 30.9 Å². The first-order valence-electron chi connectivity index (χ1n) is 13.3. The predicted molar refractivity (Wildman–Crippen MR) is 140 cm³/mol. The maximum atomic E-state index is 13.6. The Balaban J connectivity index is 1.60. The summed E-state index contributed by atoms with van der Waals surface area (Å²) in [5.41, 5.74) is 2.28. The molecular weight excluding hydrogens is 497 g/mol. The van der Waals surface area contributed by atoms with Crippen molar-refractivity contribution < 1.29 is 22.3 Å². The van der Waals surface area contributed by atoms with Gasteiger partial charge in [0.15, 0.2) is 0 Å². The third-order valence-electron chi connectivity index (χ3n) is 7.29. The third kappa shape index (κ3) is 5.94. The van der Waals surface area contributed by atoms with Crippen molar-refractivity contribution in [3.8, 4) is 5.75 Å². The highest BCUT2D eigenvalue weighted by Crippen LogP contribution is 2.39. The molecule has 0 saturated carbocycles. The van der Waals surface area contributed by atoms with E-state index in [1.54, 1.807) is 18.2 Å². The van der Waals surface area contributed by atoms with Gasteiger partial charge in [-0.1, -0.05) is 6.92 Å². The van der Waals surface area contributed by atoms with Crippen LogP contribution in [0.5, 0.6) is 5.75 Å². The summed E-state index contributed by atoms with van der Waals surface area (Å²) in [5, 5.41) is 3.09. The molecule has 0 radical (unpaired) electrons. The first kappa shape index (κ1) is 27.8. The second-order valence-electron chi connectivity index (χ2n) is 9.95. The number of amides is 1. The molecule has 3 heterocycles. The smallest absolute Gasteiger partial charge is 0.268 e. The van der Waals surface area contributed by atoms with Crippen LogP contribution >= 0.6 is 0 Å². The number of hydrogen-bond donors (Lipinski definition) is 1. The van der Waals surface area contributed by atoms with Gasteiger partial charge in [0.2, 0.25) is 10.0 Å². The lowest BCUT2D eigenvalue weighted by Gasteiger charge is -2.35. The van der Waals surface area contributed by atoms with Crippen molar-refractivity contribution in [2.45, 2.75) is 44.0 Å². The van der Waals surface area contributed by atoms with Crippen molar-refractivity contribution in [2.24, 2.45) is 0 Å². The fraction of sp³-hybridized carbons (Fsp3) is 0.654. The number of sulfonamides is 1. The van der Waals surface area contributed by atoms with Crippen molar-refractivity contribution in [1.82, 2.24) is 24.3 Å². The number of piperazine rings is 1. The van der Waals surface area contributed by atoms with Crippen LogP contribution in [0.2, 0.25) is 0 Å². The fourth-order valence-corrected chi connectivity index (χ4v) is 6.98. The van der Waals surface area contributed by atoms with E-state index in [-0.39, 0.29) is 17.5 Å². The molecule has 1 atom stereocenters. The molecule has 0 spiro atoms. The molecule has 3 aliphatic heterocycles. The van der Waals surface area contributed by atoms with Gasteiger partial charge in [-0.2, -0.15) is 4.31 Å². The van der Waals surface area contributed by atoms with Crippen LogP contribution < -0.4 is 10.1 Å². The molecule has 1 N–H and O–H groups in total. The normalized spacial score (nSPS) is 21.9. The summed E-state index contributed by atoms with van der Waals surface area (Å²) in [4.78, 5) is 19.6. The molecule has 11 heteroatoms. The maximum Gasteiger partial charge on any atom is 0.268 e. The molecule has 1 saturated heterocycles. The van der Waals surface area contributed by atoms with Crippen LogP contribution in [0.25, 0.3) is 0 Å². The van der Waals surface area contributed by atoms with E-state index in [2.05, 4.69) is 22.0 Å². The van der Waals surface area contributed by atoms with Crippen LogP contribution in [-0.2, 0) is 14.8 Å². The molecule has 1 aromatic rings. The number of rotatable bonds is 11. The number of nitrogens with zero attached hydrogens (tertiary/aromatic N) is 4. The van der Waals surface area contributed by atoms with Gasteiger partial charge in [-0.15, -0.1) is 0 Å². The van der Waals surface area contributed by atoms with E-state index in [4.69, 9.17) is 4.74 Å². The Labute approximate surface area is 220 Å². The van der Waals surface area contributed by atoms with Gasteiger partial charge in [-0.3, -0.25) is 14.1 Å². The molecule has 1 unspecified atom stereocenters. The molecule has 9 nitrogen and oxygen atoms in total. The third-order valence-corrected chi connectivity index (χ3v) is 9.18. The zero-order chi connectivity index (χ0) is 26.6. The van der Waals surface area contributed by atoms with Gasteiger partial charge < -0.3 is 19.9 Å². The van der Waals surface area contributed by atoms with Gasteiger partial charge in [0.25, 0.3) is 5.91 Å². The number of alkyl halides is 1. The highest BCUT2D eigenvalue weighted by Gasteiger charge is 2.40. The maximum absolute atomic E-state index is 13.6. The number of hydrogen-bond acceptors (Lipinski definition) is 7. The number of carbonyl (C=O) groups is 1. The SMILES string of the molecule is CCCN1CC2=C(C(=O)NC2c2cc(S(=O)(=O)N3CCN(CCCCF)CC3)ccc2OCC)N(C)C1. The summed E-state index contributed by atoms with van der Waals surface area (Å²) in [6.07, 6.45) is 2.32. The lowest BCUT2D eigenvalue weighted by atomic mass is 9.97. The largest absolute Gasteiger partial charge is 0.494 e. The van der Waals surface area contributed by atoms with Crippen molar-refractivity contribution in [3.05, 3.63) is 35.0 Å². The van der Waals surface area contributed by atoms with E-state index >= 15 is 0 Å². The van der Waals surface area contributed by atoms with Gasteiger partial charge in [0, 0.05) is 45.3 Å². The molecule has 1 fully saturated rings. The Morgan fingerprint density at radius 3 is 2.51 bits per heavy atom. The number of unbranched alkanes of at least 4 members (excludes halogenated alkanes) is 1. The molecule has 0 bridgehead atoms. The van der Waals surface area contributed by atoms with Crippen molar-refractivity contribution in [3.63, 3.8) is 0 Å². The van der Waals surface area contributed by atoms with Crippen LogP contribution in [-0.4, -0.2) is 106 Å². The summed E-state index contributed by atoms with van der Waals surface area (Å²) in [5.74, 6) is 0.437. The summed E-state index contributed by atoms with van der Waals surface area (Å²) < 4.78 is 47.1. The van der Waals surface area contributed by atoms with E-state index in [1.165, 1.54) is 4.31 Å². The van der Waals surface area contributed by atoms with Crippen LogP contribution in [0.15, 0.2) is 34.4 Å². The zero-order valence-electron chi connectivity index (χ0n) is 22.2. The minimum atomic E-state index is -3.73. The monoisotopic (exact) mass is 537 g/mol. The quantitative estimate of drug-likeness (QED) is 0.433. The number of halogens is 1. The van der Waals surface area contributed by atoms with Gasteiger partial charge in [-0.05, 0) is 63.0 Å². The van der Waals surface area contributed by atoms with Gasteiger partial charge in [0.1, 0.15) is 11.4 Å². The summed E-state index contributed by atoms with van der Waals surface area (Å²) >= 11 is 0. The summed E-state index contributed by atoms with van der Waals surface area (Å²) in [6.45, 7) is 9.19. The van der Waals surface area contributed by atoms with E-state index in [0.29, 0.717) is 69.4 Å². The molecule has 37 heavy (non-hydrogen) atoms. The number of likely N-dealkylation sites (N-methyl/N-ethyl adjacent to an activating group) is 1. The average Bonchev–Trinajstić information content (AvgIpc) is 3.21. The first-order chi connectivity index (χ1) is 17.8. The second-order valence-corrected chi connectivity index (χ2v) is 11.9. The molecule has 1 aromatic carbocycles. The van der Waals surface area contributed by atoms with E-state index in [1.807, 2.05) is 18.9 Å². The molecule has 1 amide bonds. The second kappa shape index (κ2) is 12.1. The Hall–Kier alpha value is -2.21. The Kier molecular flexibility index (Phi) is 9.10. The Bertz CT molecular complexity index is 1100. The average molecular weight is 538 g/mol. The predicted octanol–water partition coefficient (Wildman–Crippen LogP) is 2.18. The van der Waals surface area contributed by atoms with Gasteiger partial charge in [-0.25, -0.2) is 8.42 Å². The summed E-state index contributed by atoms with van der Waals surface area (Å²) in [7, 11) is -1.81. The molecule has 0 aromatic heterocycles. The number of benzene rings is 1. The van der Waals surface area contributed by atoms with Crippen molar-refractivity contribution in [2.75, 3.05) is 72.8 Å². The molecule has 206 valence electrons. The molecule has 0 aliphatic carbocycles. The molecule has 4 rings (SSSR count). The van der Waals surface area contributed by atoms with Crippen LogP contribution in [0.4, 0.5) is 4.39 Å². The Morgan fingerprint density at radius 2 is 1.84 bits per heavy atom. The van der Waals surface area contributed by atoms with E-state index < -0.39 is 16.1 Å². The number of ether oxygens (including phenoxy) is 1. The van der Waals surface area contributed by atoms with E-state index in [9.17, 15) is 17.6 Å². The van der Waals surface area contributed by atoms with Crippen LogP contribution in [0.1, 0.15) is 44.7 Å². The van der Waals surface area contributed by atoms with E-state index in [0.717, 1.165) is 31.5 Å². The zero-order valence-corrected chi connectivity index (χ0v) is 23.0. The summed E-state index contributed by atoms with van der Waals surface area (Å²) in [6, 6.07) is 4.53. The minimum Gasteiger partial charge on any atom is -0.494 e. The lowest BCUT2D eigenvalue weighted by Crippen LogP contribution is -2.48. The Morgan fingerprint density at radius 1 is 1.08 bits per heavy atom. The molecular formula is C26H40FN5O4S.